The lowest BCUT2D eigenvalue weighted by Gasteiger charge is -2.32. The summed E-state index contributed by atoms with van der Waals surface area (Å²) >= 11 is 0. The van der Waals surface area contributed by atoms with Gasteiger partial charge >= 0.3 is 5.97 Å². The maximum Gasteiger partial charge on any atom is 0.321 e. The third-order valence-electron chi connectivity index (χ3n) is 3.48. The number of carboxylic acid groups (broad SMARTS) is 1. The van der Waals surface area contributed by atoms with Gasteiger partial charge < -0.3 is 9.84 Å². The van der Waals surface area contributed by atoms with E-state index in [1.165, 1.54) is 11.1 Å². The molecule has 1 fully saturated rings. The van der Waals surface area contributed by atoms with Crippen LogP contribution in [0.4, 0.5) is 0 Å². The van der Waals surface area contributed by atoms with Gasteiger partial charge in [-0.2, -0.15) is 0 Å². The van der Waals surface area contributed by atoms with Crippen LogP contribution >= 0.6 is 0 Å². The fraction of sp³-hybridized carbons (Fsp3) is 0.533. The van der Waals surface area contributed by atoms with Crippen LogP contribution in [0.15, 0.2) is 18.2 Å². The van der Waals surface area contributed by atoms with Gasteiger partial charge in [0.05, 0.1) is 13.2 Å². The molecule has 1 saturated heterocycles. The van der Waals surface area contributed by atoms with Gasteiger partial charge in [0.15, 0.2) is 0 Å². The van der Waals surface area contributed by atoms with Gasteiger partial charge in [-0.1, -0.05) is 29.3 Å². The lowest BCUT2D eigenvalue weighted by atomic mass is 10.00. The Balaban J connectivity index is 2.13. The minimum atomic E-state index is -0.749. The molecule has 4 heteroatoms. The van der Waals surface area contributed by atoms with Crippen molar-refractivity contribution in [1.82, 2.24) is 4.90 Å². The Bertz CT molecular complexity index is 432. The number of rotatable bonds is 4. The van der Waals surface area contributed by atoms with Gasteiger partial charge in [0.25, 0.3) is 0 Å². The third kappa shape index (κ3) is 3.78. The van der Waals surface area contributed by atoms with Gasteiger partial charge in [0, 0.05) is 13.1 Å². The number of aliphatic carboxylic acids is 1. The molecule has 1 aliphatic rings. The monoisotopic (exact) mass is 263 g/mol. The van der Waals surface area contributed by atoms with Crippen molar-refractivity contribution >= 4 is 5.97 Å². The predicted molar refractivity (Wildman–Crippen MR) is 73.4 cm³/mol. The minimum Gasteiger partial charge on any atom is -0.480 e. The molecule has 0 radical (unpaired) electrons. The number of carbonyl (C=O) groups is 1. The summed E-state index contributed by atoms with van der Waals surface area (Å²) in [7, 11) is 0. The molecule has 0 saturated carbocycles. The first kappa shape index (κ1) is 14.0. The molecule has 1 heterocycles. The van der Waals surface area contributed by atoms with Crippen molar-refractivity contribution in [3.8, 4) is 0 Å². The van der Waals surface area contributed by atoms with Crippen molar-refractivity contribution in [3.63, 3.8) is 0 Å². The van der Waals surface area contributed by atoms with Crippen LogP contribution in [0.25, 0.3) is 0 Å². The third-order valence-corrected chi connectivity index (χ3v) is 3.48. The van der Waals surface area contributed by atoms with Gasteiger partial charge in [-0.25, -0.2) is 0 Å². The number of carboxylic acids is 1. The molecule has 4 nitrogen and oxygen atoms in total. The molecule has 19 heavy (non-hydrogen) atoms. The van der Waals surface area contributed by atoms with Crippen LogP contribution in [0.2, 0.25) is 0 Å². The highest BCUT2D eigenvalue weighted by molar-refractivity contribution is 5.74. The first-order valence-electron chi connectivity index (χ1n) is 6.68. The number of benzene rings is 1. The summed E-state index contributed by atoms with van der Waals surface area (Å²) in [4.78, 5) is 13.5. The van der Waals surface area contributed by atoms with Gasteiger partial charge in [-0.05, 0) is 25.8 Å². The van der Waals surface area contributed by atoms with Crippen LogP contribution in [0.5, 0.6) is 0 Å². The molecule has 0 aliphatic carbocycles. The topological polar surface area (TPSA) is 49.8 Å². The lowest BCUT2D eigenvalue weighted by molar-refractivity contribution is -0.145. The van der Waals surface area contributed by atoms with Crippen LogP contribution < -0.4 is 0 Å². The van der Waals surface area contributed by atoms with E-state index in [9.17, 15) is 9.90 Å². The zero-order chi connectivity index (χ0) is 13.8. The normalized spacial score (nSPS) is 18.2. The fourth-order valence-corrected chi connectivity index (χ4v) is 2.67. The summed E-state index contributed by atoms with van der Waals surface area (Å²) in [6.45, 7) is 6.72. The second-order valence-corrected chi connectivity index (χ2v) is 5.20. The first-order valence-corrected chi connectivity index (χ1v) is 6.68. The molecule has 1 N–H and O–H groups in total. The van der Waals surface area contributed by atoms with Crippen molar-refractivity contribution in [2.75, 3.05) is 26.3 Å². The van der Waals surface area contributed by atoms with Gasteiger partial charge in [0.1, 0.15) is 6.04 Å². The lowest BCUT2D eigenvalue weighted by Crippen LogP contribution is -2.48. The Labute approximate surface area is 114 Å². The van der Waals surface area contributed by atoms with Crippen molar-refractivity contribution in [2.24, 2.45) is 0 Å². The molecular weight excluding hydrogens is 242 g/mol. The molecule has 1 aliphatic heterocycles. The average Bonchev–Trinajstić information content (AvgIpc) is 2.35. The molecule has 2 rings (SSSR count). The molecule has 1 atom stereocenters. The van der Waals surface area contributed by atoms with Crippen LogP contribution in [0.3, 0.4) is 0 Å². The van der Waals surface area contributed by atoms with E-state index in [1.54, 1.807) is 0 Å². The first-order chi connectivity index (χ1) is 9.06. The second kappa shape index (κ2) is 6.17. The Morgan fingerprint density at radius 2 is 1.84 bits per heavy atom. The van der Waals surface area contributed by atoms with Gasteiger partial charge in [0.2, 0.25) is 0 Å². The molecule has 1 aromatic carbocycles. The van der Waals surface area contributed by atoms with Gasteiger partial charge in [-0.3, -0.25) is 9.69 Å². The van der Waals surface area contributed by atoms with Crippen LogP contribution in [0.1, 0.15) is 16.7 Å². The molecule has 1 aromatic rings. The number of aryl methyl sites for hydroxylation is 2. The summed E-state index contributed by atoms with van der Waals surface area (Å²) < 4.78 is 5.28. The van der Waals surface area contributed by atoms with E-state index in [4.69, 9.17) is 4.74 Å². The van der Waals surface area contributed by atoms with E-state index < -0.39 is 12.0 Å². The van der Waals surface area contributed by atoms with Crippen molar-refractivity contribution in [1.29, 1.82) is 0 Å². The Kier molecular flexibility index (Phi) is 4.56. The summed E-state index contributed by atoms with van der Waals surface area (Å²) in [6.07, 6.45) is 0.553. The van der Waals surface area contributed by atoms with Gasteiger partial charge in [-0.15, -0.1) is 0 Å². The summed E-state index contributed by atoms with van der Waals surface area (Å²) in [6, 6.07) is 5.80. The quantitative estimate of drug-likeness (QED) is 0.897. The summed E-state index contributed by atoms with van der Waals surface area (Å²) in [5.41, 5.74) is 3.46. The average molecular weight is 263 g/mol. The molecule has 0 aromatic heterocycles. The van der Waals surface area contributed by atoms with E-state index in [1.807, 2.05) is 18.7 Å². The van der Waals surface area contributed by atoms with Crippen molar-refractivity contribution in [2.45, 2.75) is 26.3 Å². The molecule has 0 amide bonds. The SMILES string of the molecule is Cc1cc(C)cc(CC(C(=O)O)N2CCOCC2)c1. The maximum absolute atomic E-state index is 11.5. The molecule has 104 valence electrons. The zero-order valence-corrected chi connectivity index (χ0v) is 11.6. The minimum absolute atomic E-state index is 0.454. The zero-order valence-electron chi connectivity index (χ0n) is 11.6. The number of hydrogen-bond donors (Lipinski definition) is 1. The van der Waals surface area contributed by atoms with E-state index in [0.717, 1.165) is 5.56 Å². The number of ether oxygens (including phenoxy) is 1. The second-order valence-electron chi connectivity index (χ2n) is 5.20. The van der Waals surface area contributed by atoms with Crippen molar-refractivity contribution in [3.05, 3.63) is 34.9 Å². The number of hydrogen-bond acceptors (Lipinski definition) is 3. The number of nitrogens with zero attached hydrogens (tertiary/aromatic N) is 1. The maximum atomic E-state index is 11.5. The standard InChI is InChI=1S/C15H21NO3/c1-11-7-12(2)9-13(8-11)10-14(15(17)18)16-3-5-19-6-4-16/h7-9,14H,3-6,10H2,1-2H3,(H,17,18). The molecular formula is C15H21NO3. The molecule has 0 spiro atoms. The molecule has 1 unspecified atom stereocenters. The van der Waals surface area contributed by atoms with E-state index in [-0.39, 0.29) is 0 Å². The van der Waals surface area contributed by atoms with E-state index in [0.29, 0.717) is 32.7 Å². The predicted octanol–water partition coefficient (Wildman–Crippen LogP) is 1.63. The molecule has 0 bridgehead atoms. The Hall–Kier alpha value is -1.39. The summed E-state index contributed by atoms with van der Waals surface area (Å²) in [5.74, 6) is -0.749. The highest BCUT2D eigenvalue weighted by atomic mass is 16.5. The Morgan fingerprint density at radius 1 is 1.26 bits per heavy atom. The number of morpholine rings is 1. The van der Waals surface area contributed by atoms with Crippen LogP contribution in [-0.2, 0) is 16.0 Å². The van der Waals surface area contributed by atoms with E-state index >= 15 is 0 Å². The fourth-order valence-electron chi connectivity index (χ4n) is 2.67. The summed E-state index contributed by atoms with van der Waals surface area (Å²) in [5, 5.41) is 9.44. The highest BCUT2D eigenvalue weighted by Gasteiger charge is 2.27. The van der Waals surface area contributed by atoms with Crippen LogP contribution in [0, 0.1) is 13.8 Å². The smallest absolute Gasteiger partial charge is 0.321 e. The van der Waals surface area contributed by atoms with Crippen LogP contribution in [-0.4, -0.2) is 48.3 Å². The largest absolute Gasteiger partial charge is 0.480 e. The van der Waals surface area contributed by atoms with Crippen molar-refractivity contribution < 1.29 is 14.6 Å². The highest BCUT2D eigenvalue weighted by Crippen LogP contribution is 2.15. The Morgan fingerprint density at radius 3 is 2.37 bits per heavy atom. The van der Waals surface area contributed by atoms with E-state index in [2.05, 4.69) is 18.2 Å².